The van der Waals surface area contributed by atoms with Crippen molar-refractivity contribution < 1.29 is 4.39 Å². The highest BCUT2D eigenvalue weighted by Crippen LogP contribution is 2.28. The van der Waals surface area contributed by atoms with E-state index in [0.29, 0.717) is 39.9 Å². The Morgan fingerprint density at radius 1 is 1.16 bits per heavy atom. The molecule has 0 unspecified atom stereocenters. The van der Waals surface area contributed by atoms with E-state index < -0.39 is 17.4 Å². The van der Waals surface area contributed by atoms with Crippen molar-refractivity contribution in [1.82, 2.24) is 29.5 Å². The maximum absolute atomic E-state index is 14.6. The number of aromatic nitrogens is 6. The number of fused-ring (bicyclic) bond motifs is 2. The third-order valence-electron chi connectivity index (χ3n) is 5.22. The molecule has 5 rings (SSSR count). The average Bonchev–Trinajstić information content (AvgIpc) is 3.28. The van der Waals surface area contributed by atoms with Crippen LogP contribution in [-0.4, -0.2) is 29.5 Å². The number of nitrogens with zero attached hydrogens (tertiary/aromatic N) is 5. The normalized spacial score (nSPS) is 12.3. The molecule has 0 amide bonds. The summed E-state index contributed by atoms with van der Waals surface area (Å²) in [6, 6.07) is 10.8. The van der Waals surface area contributed by atoms with Gasteiger partial charge in [0.05, 0.1) is 28.6 Å². The zero-order valence-corrected chi connectivity index (χ0v) is 17.6. The van der Waals surface area contributed by atoms with Crippen LogP contribution in [0, 0.1) is 5.82 Å². The largest absolute Gasteiger partial charge is 0.358 e. The highest BCUT2D eigenvalue weighted by atomic mass is 35.5. The molecule has 2 aromatic carbocycles. The number of benzene rings is 2. The number of anilines is 1. The van der Waals surface area contributed by atoms with Crippen LogP contribution in [0.1, 0.15) is 25.2 Å². The Bertz CT molecular complexity index is 1510. The highest BCUT2D eigenvalue weighted by Gasteiger charge is 2.23. The molecule has 0 aliphatic carbocycles. The zero-order valence-electron chi connectivity index (χ0n) is 16.9. The molecule has 160 valence electrons. The molecular formula is C22H17ClFN7O. The van der Waals surface area contributed by atoms with E-state index in [1.807, 2.05) is 6.92 Å². The van der Waals surface area contributed by atoms with Crippen molar-refractivity contribution in [1.29, 1.82) is 0 Å². The molecule has 0 saturated carbocycles. The Balaban J connectivity index is 1.76. The first-order chi connectivity index (χ1) is 15.6. The van der Waals surface area contributed by atoms with Gasteiger partial charge < -0.3 is 10.3 Å². The first kappa shape index (κ1) is 20.1. The minimum absolute atomic E-state index is 0.0935. The molecule has 0 fully saturated rings. The van der Waals surface area contributed by atoms with Gasteiger partial charge in [0, 0.05) is 0 Å². The lowest BCUT2D eigenvalue weighted by molar-refractivity contribution is 0.630. The maximum atomic E-state index is 14.6. The van der Waals surface area contributed by atoms with E-state index in [0.717, 1.165) is 0 Å². The minimum atomic E-state index is -0.636. The number of imidazole rings is 1. The molecule has 5 aromatic rings. The van der Waals surface area contributed by atoms with Gasteiger partial charge in [-0.3, -0.25) is 9.36 Å². The molecule has 0 aliphatic heterocycles. The van der Waals surface area contributed by atoms with Crippen LogP contribution < -0.4 is 10.9 Å². The molecule has 3 heterocycles. The van der Waals surface area contributed by atoms with Crippen LogP contribution in [0.5, 0.6) is 0 Å². The van der Waals surface area contributed by atoms with Crippen LogP contribution in [0.15, 0.2) is 59.9 Å². The smallest absolute Gasteiger partial charge is 0.269 e. The molecule has 2 N–H and O–H groups in total. The number of nitrogens with one attached hydrogen (secondary N) is 2. The minimum Gasteiger partial charge on any atom is -0.358 e. The highest BCUT2D eigenvalue weighted by molar-refractivity contribution is 6.32. The Kier molecular flexibility index (Phi) is 5.02. The van der Waals surface area contributed by atoms with Gasteiger partial charge in [0.15, 0.2) is 11.5 Å². The number of para-hydroxylation sites is 1. The van der Waals surface area contributed by atoms with Gasteiger partial charge in [-0.15, -0.1) is 0 Å². The second-order valence-corrected chi connectivity index (χ2v) is 7.53. The van der Waals surface area contributed by atoms with Gasteiger partial charge in [-0.2, -0.15) is 0 Å². The van der Waals surface area contributed by atoms with E-state index in [-0.39, 0.29) is 10.9 Å². The molecule has 0 aliphatic rings. The van der Waals surface area contributed by atoms with E-state index in [1.165, 1.54) is 29.4 Å². The van der Waals surface area contributed by atoms with Gasteiger partial charge in [0.2, 0.25) is 0 Å². The fourth-order valence-corrected chi connectivity index (χ4v) is 3.92. The Hall–Kier alpha value is -3.85. The van der Waals surface area contributed by atoms with E-state index in [1.54, 1.807) is 30.3 Å². The van der Waals surface area contributed by atoms with Crippen molar-refractivity contribution >= 4 is 39.5 Å². The number of hydrogen-bond acceptors (Lipinski definition) is 6. The third kappa shape index (κ3) is 3.27. The fraction of sp³-hybridized carbons (Fsp3) is 0.136. The summed E-state index contributed by atoms with van der Waals surface area (Å²) < 4.78 is 16.0. The zero-order chi connectivity index (χ0) is 22.2. The van der Waals surface area contributed by atoms with Crippen LogP contribution in [0.2, 0.25) is 5.02 Å². The molecule has 0 bridgehead atoms. The second kappa shape index (κ2) is 8.01. The summed E-state index contributed by atoms with van der Waals surface area (Å²) in [5.74, 6) is 0.261. The van der Waals surface area contributed by atoms with Crippen LogP contribution in [0.4, 0.5) is 10.2 Å². The average molecular weight is 450 g/mol. The molecule has 10 heteroatoms. The number of H-pyrrole nitrogens is 1. The van der Waals surface area contributed by atoms with Crippen LogP contribution in [0.25, 0.3) is 27.8 Å². The first-order valence-electron chi connectivity index (χ1n) is 9.95. The molecule has 0 spiro atoms. The standard InChI is InChI=1S/C22H17ClFN7O/c1-2-14(29-20-18-19(26-10-25-18)27-11-28-20)21-30-15-8-5-7-13(24)17(15)22(32)31(21)16-9-4-3-6-12(16)23/h3-11,14H,2H2,1H3,(H2,25,26,27,28,29)/t14-/m0/s1. The van der Waals surface area contributed by atoms with Crippen molar-refractivity contribution in [2.75, 3.05) is 5.32 Å². The SMILES string of the molecule is CC[C@H](Nc1ncnc2nc[nH]c12)c1nc2cccc(F)c2c(=O)n1-c1ccccc1Cl. The lowest BCUT2D eigenvalue weighted by Gasteiger charge is -2.22. The first-order valence-corrected chi connectivity index (χ1v) is 10.3. The number of hydrogen-bond donors (Lipinski definition) is 2. The molecule has 1 atom stereocenters. The van der Waals surface area contributed by atoms with Crippen molar-refractivity contribution in [2.24, 2.45) is 0 Å². The van der Waals surface area contributed by atoms with Gasteiger partial charge in [-0.05, 0) is 30.7 Å². The van der Waals surface area contributed by atoms with Gasteiger partial charge in [-0.1, -0.05) is 36.7 Å². The maximum Gasteiger partial charge on any atom is 0.269 e. The Morgan fingerprint density at radius 3 is 2.81 bits per heavy atom. The molecule has 3 aromatic heterocycles. The van der Waals surface area contributed by atoms with E-state index >= 15 is 0 Å². The van der Waals surface area contributed by atoms with E-state index in [9.17, 15) is 9.18 Å². The van der Waals surface area contributed by atoms with Gasteiger partial charge in [0.25, 0.3) is 5.56 Å². The number of halogens is 2. The summed E-state index contributed by atoms with van der Waals surface area (Å²) in [7, 11) is 0. The Labute approximate surface area is 186 Å². The summed E-state index contributed by atoms with van der Waals surface area (Å²) in [4.78, 5) is 33.8. The van der Waals surface area contributed by atoms with Crippen molar-refractivity contribution in [3.05, 3.63) is 82.1 Å². The van der Waals surface area contributed by atoms with Crippen LogP contribution in [0.3, 0.4) is 0 Å². The number of rotatable bonds is 5. The molecule has 0 radical (unpaired) electrons. The Morgan fingerprint density at radius 2 is 2.00 bits per heavy atom. The van der Waals surface area contributed by atoms with Crippen LogP contribution >= 0.6 is 11.6 Å². The second-order valence-electron chi connectivity index (χ2n) is 7.12. The lowest BCUT2D eigenvalue weighted by Crippen LogP contribution is -2.29. The van der Waals surface area contributed by atoms with Crippen molar-refractivity contribution in [3.63, 3.8) is 0 Å². The molecule has 8 nitrogen and oxygen atoms in total. The van der Waals surface area contributed by atoms with Crippen molar-refractivity contribution in [3.8, 4) is 5.69 Å². The topological polar surface area (TPSA) is 101 Å². The fourth-order valence-electron chi connectivity index (χ4n) is 3.70. The summed E-state index contributed by atoms with van der Waals surface area (Å²) in [5, 5.41) is 3.58. The molecule has 0 saturated heterocycles. The van der Waals surface area contributed by atoms with Crippen LogP contribution in [-0.2, 0) is 0 Å². The van der Waals surface area contributed by atoms with Gasteiger partial charge in [-0.25, -0.2) is 24.3 Å². The third-order valence-corrected chi connectivity index (χ3v) is 5.54. The monoisotopic (exact) mass is 449 g/mol. The molecule has 32 heavy (non-hydrogen) atoms. The quantitative estimate of drug-likeness (QED) is 0.412. The van der Waals surface area contributed by atoms with Gasteiger partial charge in [0.1, 0.15) is 28.9 Å². The predicted molar refractivity (Wildman–Crippen MR) is 121 cm³/mol. The van der Waals surface area contributed by atoms with Gasteiger partial charge >= 0.3 is 0 Å². The summed E-state index contributed by atoms with van der Waals surface area (Å²) in [6.45, 7) is 1.95. The summed E-state index contributed by atoms with van der Waals surface area (Å²) >= 11 is 6.43. The lowest BCUT2D eigenvalue weighted by atomic mass is 10.1. The predicted octanol–water partition coefficient (Wildman–Crippen LogP) is 4.41. The van der Waals surface area contributed by atoms with E-state index in [4.69, 9.17) is 11.6 Å². The summed E-state index contributed by atoms with van der Waals surface area (Å²) in [6.07, 6.45) is 3.49. The number of aromatic amines is 1. The van der Waals surface area contributed by atoms with Crippen molar-refractivity contribution in [2.45, 2.75) is 19.4 Å². The van der Waals surface area contributed by atoms with E-state index in [2.05, 4.69) is 30.2 Å². The summed E-state index contributed by atoms with van der Waals surface area (Å²) in [5.41, 5.74) is 1.29. The molecular weight excluding hydrogens is 433 g/mol.